The summed E-state index contributed by atoms with van der Waals surface area (Å²) in [5.74, 6) is 0.683. The van der Waals surface area contributed by atoms with Crippen LogP contribution in [0.25, 0.3) is 0 Å². The first-order valence-electron chi connectivity index (χ1n) is 11.3. The van der Waals surface area contributed by atoms with Crippen molar-refractivity contribution >= 4 is 21.6 Å². The van der Waals surface area contributed by atoms with E-state index in [1.165, 1.54) is 42.1 Å². The lowest BCUT2D eigenvalue weighted by Crippen LogP contribution is -2.53. The van der Waals surface area contributed by atoms with Gasteiger partial charge in [0.15, 0.2) is 0 Å². The molecule has 2 heterocycles. The van der Waals surface area contributed by atoms with E-state index in [0.717, 1.165) is 25.5 Å². The number of sulfonamides is 1. The molecular formula is C22H31N3O5S. The Labute approximate surface area is 183 Å². The molecule has 0 spiro atoms. The zero-order chi connectivity index (χ0) is 22.2. The summed E-state index contributed by atoms with van der Waals surface area (Å²) in [4.78, 5) is 25.9. The van der Waals surface area contributed by atoms with Crippen molar-refractivity contribution in [3.63, 3.8) is 0 Å². The van der Waals surface area contributed by atoms with E-state index >= 15 is 0 Å². The fourth-order valence-corrected chi connectivity index (χ4v) is 7.31. The van der Waals surface area contributed by atoms with Gasteiger partial charge in [-0.15, -0.1) is 0 Å². The predicted molar refractivity (Wildman–Crippen MR) is 116 cm³/mol. The molecule has 2 saturated heterocycles. The zero-order valence-corrected chi connectivity index (χ0v) is 18.8. The van der Waals surface area contributed by atoms with Gasteiger partial charge in [0.2, 0.25) is 15.9 Å². The number of rotatable bonds is 4. The summed E-state index contributed by atoms with van der Waals surface area (Å²) in [7, 11) is -3.84. The standard InChI is InChI=1S/C22H31N3O5S/c1-16-8-9-19(25(27)28)15-21(16)31(29,30)23-13-10-18(11-14-23)22(26)24-12-4-6-17-5-2-3-7-20(17)24/h8-9,15,17-18,20H,2-7,10-14H2,1H3/t17-,20+/m1/s1. The lowest BCUT2D eigenvalue weighted by molar-refractivity contribution is -0.385. The molecule has 3 aliphatic rings. The Kier molecular flexibility index (Phi) is 6.35. The molecule has 170 valence electrons. The molecule has 1 aliphatic carbocycles. The Morgan fingerprint density at radius 1 is 1.03 bits per heavy atom. The highest BCUT2D eigenvalue weighted by molar-refractivity contribution is 7.89. The number of nitro benzene ring substituents is 1. The SMILES string of the molecule is Cc1ccc([N+](=O)[O-])cc1S(=O)(=O)N1CCC(C(=O)N2CCC[C@H]3CCCC[C@@H]32)CC1. The quantitative estimate of drug-likeness (QED) is 0.517. The van der Waals surface area contributed by atoms with Gasteiger partial charge in [-0.1, -0.05) is 18.9 Å². The summed E-state index contributed by atoms with van der Waals surface area (Å²) in [5, 5.41) is 11.1. The van der Waals surface area contributed by atoms with E-state index in [-0.39, 0.29) is 35.5 Å². The number of non-ortho nitro benzene ring substituents is 1. The average molecular weight is 450 g/mol. The third-order valence-corrected chi connectivity index (χ3v) is 9.37. The number of aryl methyl sites for hydroxylation is 1. The van der Waals surface area contributed by atoms with E-state index in [1.54, 1.807) is 6.92 Å². The maximum atomic E-state index is 13.3. The molecule has 1 amide bonds. The van der Waals surface area contributed by atoms with Crippen LogP contribution in [0.15, 0.2) is 23.1 Å². The molecule has 9 heteroatoms. The van der Waals surface area contributed by atoms with Crippen molar-refractivity contribution in [2.45, 2.75) is 69.2 Å². The van der Waals surface area contributed by atoms with Gasteiger partial charge < -0.3 is 4.90 Å². The van der Waals surface area contributed by atoms with Crippen molar-refractivity contribution in [2.24, 2.45) is 11.8 Å². The molecule has 2 aliphatic heterocycles. The summed E-state index contributed by atoms with van der Waals surface area (Å²) in [6.07, 6.45) is 8.03. The van der Waals surface area contributed by atoms with Gasteiger partial charge >= 0.3 is 0 Å². The minimum atomic E-state index is -3.84. The molecule has 3 fully saturated rings. The number of fused-ring (bicyclic) bond motifs is 1. The van der Waals surface area contributed by atoms with Crippen LogP contribution in [0.4, 0.5) is 5.69 Å². The molecule has 0 unspecified atom stereocenters. The maximum absolute atomic E-state index is 13.3. The summed E-state index contributed by atoms with van der Waals surface area (Å²) in [6.45, 7) is 3.00. The second-order valence-electron chi connectivity index (χ2n) is 9.17. The predicted octanol–water partition coefficient (Wildman–Crippen LogP) is 3.49. The fraction of sp³-hybridized carbons (Fsp3) is 0.682. The molecule has 0 aromatic heterocycles. The van der Waals surface area contributed by atoms with Crippen LogP contribution in [0, 0.1) is 28.9 Å². The monoisotopic (exact) mass is 449 g/mol. The highest BCUT2D eigenvalue weighted by Gasteiger charge is 2.40. The average Bonchev–Trinajstić information content (AvgIpc) is 2.78. The molecular weight excluding hydrogens is 418 g/mol. The van der Waals surface area contributed by atoms with Crippen molar-refractivity contribution in [3.8, 4) is 0 Å². The molecule has 4 rings (SSSR count). The summed E-state index contributed by atoms with van der Waals surface area (Å²) >= 11 is 0. The van der Waals surface area contributed by atoms with Crippen molar-refractivity contribution in [1.82, 2.24) is 9.21 Å². The minimum absolute atomic E-state index is 0.0208. The highest BCUT2D eigenvalue weighted by atomic mass is 32.2. The third-order valence-electron chi connectivity index (χ3n) is 7.33. The Morgan fingerprint density at radius 3 is 2.42 bits per heavy atom. The number of likely N-dealkylation sites (tertiary alicyclic amines) is 1. The number of nitrogens with zero attached hydrogens (tertiary/aromatic N) is 3. The van der Waals surface area contributed by atoms with Gasteiger partial charge in [0.25, 0.3) is 5.69 Å². The van der Waals surface area contributed by atoms with Crippen LogP contribution in [0.3, 0.4) is 0 Å². The lowest BCUT2D eigenvalue weighted by Gasteiger charge is -2.46. The maximum Gasteiger partial charge on any atom is 0.270 e. The first-order chi connectivity index (χ1) is 14.8. The minimum Gasteiger partial charge on any atom is -0.339 e. The summed E-state index contributed by atoms with van der Waals surface area (Å²) < 4.78 is 27.7. The van der Waals surface area contributed by atoms with Gasteiger partial charge in [-0.2, -0.15) is 4.31 Å². The van der Waals surface area contributed by atoms with Crippen LogP contribution in [-0.4, -0.2) is 54.1 Å². The number of carbonyl (C=O) groups excluding carboxylic acids is 1. The van der Waals surface area contributed by atoms with Crippen LogP contribution in [0.1, 0.15) is 56.9 Å². The van der Waals surface area contributed by atoms with Crippen LogP contribution >= 0.6 is 0 Å². The van der Waals surface area contributed by atoms with Crippen molar-refractivity contribution < 1.29 is 18.1 Å². The number of carbonyl (C=O) groups is 1. The third kappa shape index (κ3) is 4.35. The molecule has 8 nitrogen and oxygen atoms in total. The first-order valence-corrected chi connectivity index (χ1v) is 12.8. The van der Waals surface area contributed by atoms with Crippen molar-refractivity contribution in [1.29, 1.82) is 0 Å². The van der Waals surface area contributed by atoms with Gasteiger partial charge in [-0.25, -0.2) is 8.42 Å². The normalized spacial score (nSPS) is 25.8. The molecule has 0 N–H and O–H groups in total. The first kappa shape index (κ1) is 22.2. The molecule has 0 radical (unpaired) electrons. The van der Waals surface area contributed by atoms with Gasteiger partial charge in [0.1, 0.15) is 0 Å². The van der Waals surface area contributed by atoms with Crippen LogP contribution < -0.4 is 0 Å². The highest BCUT2D eigenvalue weighted by Crippen LogP contribution is 2.37. The number of benzene rings is 1. The Bertz CT molecular complexity index is 954. The number of hydrogen-bond donors (Lipinski definition) is 0. The second kappa shape index (κ2) is 8.86. The van der Waals surface area contributed by atoms with E-state index in [2.05, 4.69) is 4.90 Å². The van der Waals surface area contributed by atoms with Gasteiger partial charge in [-0.05, 0) is 56.9 Å². The van der Waals surface area contributed by atoms with E-state index in [0.29, 0.717) is 30.4 Å². The number of piperidine rings is 2. The Balaban J connectivity index is 1.44. The molecule has 1 aromatic carbocycles. The molecule has 2 atom stereocenters. The number of amides is 1. The lowest BCUT2D eigenvalue weighted by atomic mass is 9.77. The Hall–Kier alpha value is -2.00. The van der Waals surface area contributed by atoms with Gasteiger partial charge in [-0.3, -0.25) is 14.9 Å². The van der Waals surface area contributed by atoms with E-state index in [4.69, 9.17) is 0 Å². The van der Waals surface area contributed by atoms with E-state index in [9.17, 15) is 23.3 Å². The van der Waals surface area contributed by atoms with Crippen molar-refractivity contribution in [3.05, 3.63) is 33.9 Å². The van der Waals surface area contributed by atoms with Gasteiger partial charge in [0.05, 0.1) is 9.82 Å². The molecule has 0 bridgehead atoms. The molecule has 1 saturated carbocycles. The fourth-order valence-electron chi connectivity index (χ4n) is 5.60. The number of nitro groups is 1. The summed E-state index contributed by atoms with van der Waals surface area (Å²) in [6, 6.07) is 4.29. The smallest absolute Gasteiger partial charge is 0.270 e. The summed E-state index contributed by atoms with van der Waals surface area (Å²) in [5.41, 5.74) is 0.252. The van der Waals surface area contributed by atoms with Crippen LogP contribution in [0.2, 0.25) is 0 Å². The van der Waals surface area contributed by atoms with Crippen molar-refractivity contribution in [2.75, 3.05) is 19.6 Å². The van der Waals surface area contributed by atoms with E-state index < -0.39 is 14.9 Å². The van der Waals surface area contributed by atoms with E-state index in [1.807, 2.05) is 0 Å². The topological polar surface area (TPSA) is 101 Å². The Morgan fingerprint density at radius 2 is 1.71 bits per heavy atom. The van der Waals surface area contributed by atoms with Crippen LogP contribution in [0.5, 0.6) is 0 Å². The zero-order valence-electron chi connectivity index (χ0n) is 18.0. The second-order valence-corrected chi connectivity index (χ2v) is 11.1. The van der Waals surface area contributed by atoms with Gasteiger partial charge in [0, 0.05) is 43.7 Å². The molecule has 1 aromatic rings. The van der Waals surface area contributed by atoms with Crippen LogP contribution in [-0.2, 0) is 14.8 Å². The largest absolute Gasteiger partial charge is 0.339 e. The number of hydrogen-bond acceptors (Lipinski definition) is 5. The molecule has 31 heavy (non-hydrogen) atoms.